The number of nitrogens with zero attached hydrogens (tertiary/aromatic N) is 1. The number of hydrogen-bond acceptors (Lipinski definition) is 5. The number of aromatic amines is 1. The Bertz CT molecular complexity index is 1460. The van der Waals surface area contributed by atoms with Gasteiger partial charge in [-0.25, -0.2) is 9.59 Å². The summed E-state index contributed by atoms with van der Waals surface area (Å²) in [6.45, 7) is -2.06. The predicted octanol–water partition coefficient (Wildman–Crippen LogP) is 5.24. The van der Waals surface area contributed by atoms with Gasteiger partial charge in [0.2, 0.25) is 0 Å². The zero-order chi connectivity index (χ0) is 25.9. The molecule has 0 spiro atoms. The van der Waals surface area contributed by atoms with Gasteiger partial charge in [0.25, 0.3) is 5.91 Å². The lowest BCUT2D eigenvalue weighted by Gasteiger charge is -2.09. The van der Waals surface area contributed by atoms with Gasteiger partial charge in [0.05, 0.1) is 16.6 Å². The Labute approximate surface area is 209 Å². The molecule has 0 atom stereocenters. The predicted molar refractivity (Wildman–Crippen MR) is 128 cm³/mol. The van der Waals surface area contributed by atoms with Gasteiger partial charge >= 0.3 is 17.8 Å². The lowest BCUT2D eigenvalue weighted by Crippen LogP contribution is -2.26. The first-order chi connectivity index (χ1) is 17.1. The highest BCUT2D eigenvalue weighted by atomic mass is 79.9. The molecule has 0 radical (unpaired) electrons. The minimum Gasteiger partial charge on any atom is -0.457 e. The highest BCUT2D eigenvalue weighted by Gasteiger charge is 2.30. The number of aromatic nitrogens is 2. The summed E-state index contributed by atoms with van der Waals surface area (Å²) in [5, 5.41) is 2.57. The molecule has 0 bridgehead atoms. The van der Waals surface area contributed by atoms with Crippen molar-refractivity contribution in [3.63, 3.8) is 0 Å². The fourth-order valence-corrected chi connectivity index (χ4v) is 3.55. The molecule has 1 aromatic heterocycles. The van der Waals surface area contributed by atoms with Crippen molar-refractivity contribution in [3.05, 3.63) is 87.3 Å². The summed E-state index contributed by atoms with van der Waals surface area (Å²) in [5.74, 6) is -0.286. The molecule has 186 valence electrons. The normalized spacial score (nSPS) is 11.3. The van der Waals surface area contributed by atoms with Crippen LogP contribution in [0.5, 0.6) is 11.5 Å². The van der Waals surface area contributed by atoms with E-state index < -0.39 is 36.9 Å². The van der Waals surface area contributed by atoms with E-state index in [4.69, 9.17) is 9.47 Å². The van der Waals surface area contributed by atoms with Crippen molar-refractivity contribution in [1.29, 1.82) is 0 Å². The highest BCUT2D eigenvalue weighted by Crippen LogP contribution is 2.25. The molecule has 4 aromatic rings. The topological polar surface area (TPSA) is 102 Å². The standard InChI is InChI=1S/C24H17BrF3N3O5/c25-15-2-6-17(7-3-15)36-18-8-4-16(5-9-18)29-21(32)12-35-22(33)14-1-10-20-19(11-14)30-23(34)31(20)13-24(26,27)28/h1-11H,12-13H2,(H,29,32)(H,30,34). The Morgan fingerprint density at radius 3 is 2.25 bits per heavy atom. The van der Waals surface area contributed by atoms with Gasteiger partial charge in [0.15, 0.2) is 6.61 Å². The SMILES string of the molecule is O=C(COC(=O)c1ccc2c(c1)[nH]c(=O)n2CC(F)(F)F)Nc1ccc(Oc2ccc(Br)cc2)cc1. The summed E-state index contributed by atoms with van der Waals surface area (Å²) >= 11 is 3.34. The number of imidazole rings is 1. The molecule has 0 saturated carbocycles. The van der Waals surface area contributed by atoms with Crippen LogP contribution < -0.4 is 15.7 Å². The molecule has 1 heterocycles. The number of anilines is 1. The van der Waals surface area contributed by atoms with Crippen LogP contribution in [0.25, 0.3) is 11.0 Å². The van der Waals surface area contributed by atoms with E-state index in [1.165, 1.54) is 18.2 Å². The number of rotatable bonds is 7. The number of carbonyl (C=O) groups excluding carboxylic acids is 2. The highest BCUT2D eigenvalue weighted by molar-refractivity contribution is 9.10. The van der Waals surface area contributed by atoms with E-state index in [1.807, 2.05) is 12.1 Å². The molecule has 0 saturated heterocycles. The number of alkyl halides is 3. The Morgan fingerprint density at radius 2 is 1.61 bits per heavy atom. The third kappa shape index (κ3) is 6.33. The average Bonchev–Trinajstić information content (AvgIpc) is 3.13. The number of hydrogen-bond donors (Lipinski definition) is 2. The molecule has 0 aliphatic carbocycles. The first-order valence-electron chi connectivity index (χ1n) is 10.4. The van der Waals surface area contributed by atoms with Gasteiger partial charge in [-0.1, -0.05) is 15.9 Å². The molecule has 0 aliphatic heterocycles. The van der Waals surface area contributed by atoms with E-state index in [0.717, 1.165) is 4.47 Å². The van der Waals surface area contributed by atoms with Crippen molar-refractivity contribution in [3.8, 4) is 11.5 Å². The van der Waals surface area contributed by atoms with Crippen LogP contribution in [0.3, 0.4) is 0 Å². The summed E-state index contributed by atoms with van der Waals surface area (Å²) in [4.78, 5) is 38.6. The van der Waals surface area contributed by atoms with Gasteiger partial charge in [0.1, 0.15) is 18.0 Å². The van der Waals surface area contributed by atoms with Crippen molar-refractivity contribution in [1.82, 2.24) is 9.55 Å². The minimum absolute atomic E-state index is 0.0146. The number of ether oxygens (including phenoxy) is 2. The molecule has 2 N–H and O–H groups in total. The monoisotopic (exact) mass is 563 g/mol. The van der Waals surface area contributed by atoms with Gasteiger partial charge < -0.3 is 19.8 Å². The Morgan fingerprint density at radius 1 is 0.972 bits per heavy atom. The van der Waals surface area contributed by atoms with Crippen molar-refractivity contribution in [2.24, 2.45) is 0 Å². The van der Waals surface area contributed by atoms with Crippen molar-refractivity contribution in [2.45, 2.75) is 12.7 Å². The van der Waals surface area contributed by atoms with E-state index in [1.54, 1.807) is 36.4 Å². The molecule has 12 heteroatoms. The molecule has 0 aliphatic rings. The number of carbonyl (C=O) groups is 2. The van der Waals surface area contributed by atoms with Crippen molar-refractivity contribution >= 4 is 44.5 Å². The van der Waals surface area contributed by atoms with Crippen molar-refractivity contribution in [2.75, 3.05) is 11.9 Å². The molecule has 0 unspecified atom stereocenters. The number of fused-ring (bicyclic) bond motifs is 1. The summed E-state index contributed by atoms with van der Waals surface area (Å²) in [6.07, 6.45) is -4.59. The van der Waals surface area contributed by atoms with Crippen LogP contribution in [-0.2, 0) is 16.1 Å². The maximum absolute atomic E-state index is 12.7. The Balaban J connectivity index is 1.32. The van der Waals surface area contributed by atoms with Crippen LogP contribution >= 0.6 is 15.9 Å². The van der Waals surface area contributed by atoms with Gasteiger partial charge in [-0.05, 0) is 66.7 Å². The second kappa shape index (κ2) is 10.3. The Kier molecular flexibility index (Phi) is 7.15. The fourth-order valence-electron chi connectivity index (χ4n) is 3.28. The summed E-state index contributed by atoms with van der Waals surface area (Å²) in [7, 11) is 0. The lowest BCUT2D eigenvalue weighted by atomic mass is 10.2. The Hall–Kier alpha value is -4.06. The van der Waals surface area contributed by atoms with E-state index in [2.05, 4.69) is 26.2 Å². The first kappa shape index (κ1) is 25.0. The van der Waals surface area contributed by atoms with Crippen LogP contribution in [0.2, 0.25) is 0 Å². The van der Waals surface area contributed by atoms with Gasteiger partial charge in [-0.2, -0.15) is 13.2 Å². The number of esters is 1. The number of nitrogens with one attached hydrogen (secondary N) is 2. The van der Waals surface area contributed by atoms with E-state index in [-0.39, 0.29) is 16.6 Å². The molecule has 4 rings (SSSR count). The molecule has 3 aromatic carbocycles. The molecular weight excluding hydrogens is 547 g/mol. The van der Waals surface area contributed by atoms with E-state index in [9.17, 15) is 27.6 Å². The minimum atomic E-state index is -4.59. The third-order valence-corrected chi connectivity index (χ3v) is 5.40. The zero-order valence-electron chi connectivity index (χ0n) is 18.3. The van der Waals surface area contributed by atoms with Crippen LogP contribution in [0.1, 0.15) is 10.4 Å². The number of benzene rings is 3. The van der Waals surface area contributed by atoms with Gasteiger partial charge in [-0.3, -0.25) is 9.36 Å². The van der Waals surface area contributed by atoms with E-state index >= 15 is 0 Å². The summed E-state index contributed by atoms with van der Waals surface area (Å²) in [5.41, 5.74) is -0.525. The van der Waals surface area contributed by atoms with Crippen LogP contribution in [0.4, 0.5) is 18.9 Å². The molecule has 8 nitrogen and oxygen atoms in total. The zero-order valence-corrected chi connectivity index (χ0v) is 19.9. The smallest absolute Gasteiger partial charge is 0.406 e. The molecular formula is C24H17BrF3N3O5. The van der Waals surface area contributed by atoms with Crippen LogP contribution in [0, 0.1) is 0 Å². The second-order valence-electron chi connectivity index (χ2n) is 7.57. The third-order valence-electron chi connectivity index (χ3n) is 4.87. The average molecular weight is 564 g/mol. The van der Waals surface area contributed by atoms with Crippen molar-refractivity contribution < 1.29 is 32.2 Å². The number of amides is 1. The molecule has 1 amide bonds. The van der Waals surface area contributed by atoms with E-state index in [0.29, 0.717) is 21.8 Å². The number of halogens is 4. The lowest BCUT2D eigenvalue weighted by molar-refractivity contribution is -0.140. The summed E-state index contributed by atoms with van der Waals surface area (Å²) in [6, 6.07) is 17.4. The maximum Gasteiger partial charge on any atom is 0.406 e. The van der Waals surface area contributed by atoms with Gasteiger partial charge in [-0.15, -0.1) is 0 Å². The molecule has 36 heavy (non-hydrogen) atoms. The second-order valence-corrected chi connectivity index (χ2v) is 8.48. The quantitative estimate of drug-likeness (QED) is 0.299. The maximum atomic E-state index is 12.7. The van der Waals surface area contributed by atoms with Crippen LogP contribution in [0.15, 0.2) is 76.0 Å². The fraction of sp³-hybridized carbons (Fsp3) is 0.125. The number of H-pyrrole nitrogens is 1. The van der Waals surface area contributed by atoms with Crippen LogP contribution in [-0.4, -0.2) is 34.2 Å². The first-order valence-corrected chi connectivity index (χ1v) is 11.2. The largest absolute Gasteiger partial charge is 0.457 e. The van der Waals surface area contributed by atoms with Gasteiger partial charge in [0, 0.05) is 10.2 Å². The summed E-state index contributed by atoms with van der Waals surface area (Å²) < 4.78 is 50.2. The molecule has 0 fully saturated rings.